The summed E-state index contributed by atoms with van der Waals surface area (Å²) in [5.74, 6) is -0.405. The number of fused-ring (bicyclic) bond motifs is 3. The van der Waals surface area contributed by atoms with E-state index in [1.165, 1.54) is 18.4 Å². The molecular weight excluding hydrogens is 444 g/mol. The Hall–Kier alpha value is -4.18. The summed E-state index contributed by atoms with van der Waals surface area (Å²) in [7, 11) is 0. The van der Waals surface area contributed by atoms with Gasteiger partial charge in [-0.1, -0.05) is 92.6 Å². The minimum atomic E-state index is -0.421. The second-order valence-corrected chi connectivity index (χ2v) is 9.35. The molecule has 1 heterocycles. The van der Waals surface area contributed by atoms with Crippen molar-refractivity contribution in [3.63, 3.8) is 0 Å². The largest absolute Gasteiger partial charge is 0.366 e. The van der Waals surface area contributed by atoms with Gasteiger partial charge >= 0.3 is 0 Å². The molecule has 0 unspecified atom stereocenters. The molecule has 36 heavy (non-hydrogen) atoms. The van der Waals surface area contributed by atoms with Gasteiger partial charge in [-0.25, -0.2) is 0 Å². The van der Waals surface area contributed by atoms with Crippen molar-refractivity contribution in [3.05, 3.63) is 119 Å². The zero-order chi connectivity index (χ0) is 25.1. The van der Waals surface area contributed by atoms with Gasteiger partial charge in [-0.15, -0.1) is 0 Å². The van der Waals surface area contributed by atoms with E-state index in [1.807, 2.05) is 66.7 Å². The molecule has 4 nitrogen and oxygen atoms in total. The van der Waals surface area contributed by atoms with Crippen molar-refractivity contribution in [2.24, 2.45) is 5.73 Å². The summed E-state index contributed by atoms with van der Waals surface area (Å²) >= 11 is 0. The predicted molar refractivity (Wildman–Crippen MR) is 147 cm³/mol. The smallest absolute Gasteiger partial charge is 0.249 e. The molecular formula is C32H30N2O2. The number of hydrogen-bond donors (Lipinski definition) is 1. The van der Waals surface area contributed by atoms with Gasteiger partial charge in [0.2, 0.25) is 5.91 Å². The van der Waals surface area contributed by atoms with Gasteiger partial charge in [0.25, 0.3) is 0 Å². The fourth-order valence-corrected chi connectivity index (χ4v) is 5.00. The Morgan fingerprint density at radius 2 is 1.47 bits per heavy atom. The average Bonchev–Trinajstić information content (AvgIpc) is 3.22. The maximum Gasteiger partial charge on any atom is 0.249 e. The van der Waals surface area contributed by atoms with Gasteiger partial charge in [-0.05, 0) is 42.2 Å². The molecule has 2 N–H and O–H groups in total. The van der Waals surface area contributed by atoms with E-state index in [9.17, 15) is 9.59 Å². The molecule has 0 aliphatic carbocycles. The van der Waals surface area contributed by atoms with E-state index in [4.69, 9.17) is 5.73 Å². The third-order valence-electron chi connectivity index (χ3n) is 6.88. The second-order valence-electron chi connectivity index (χ2n) is 9.35. The van der Waals surface area contributed by atoms with E-state index in [0.29, 0.717) is 23.2 Å². The van der Waals surface area contributed by atoms with Gasteiger partial charge in [0.05, 0.1) is 5.52 Å². The van der Waals surface area contributed by atoms with Crippen LogP contribution < -0.4 is 5.73 Å². The number of carbonyl (C=O) groups is 2. The Kier molecular flexibility index (Phi) is 6.68. The number of rotatable bonds is 9. The summed E-state index contributed by atoms with van der Waals surface area (Å²) < 4.78 is 2.26. The first kappa shape index (κ1) is 23.6. The highest BCUT2D eigenvalue weighted by Crippen LogP contribution is 2.33. The summed E-state index contributed by atoms with van der Waals surface area (Å²) in [6, 6.07) is 29.4. The van der Waals surface area contributed by atoms with Gasteiger partial charge in [-0.3, -0.25) is 9.59 Å². The Bertz CT molecular complexity index is 1550. The third kappa shape index (κ3) is 4.55. The first-order chi connectivity index (χ1) is 17.6. The van der Waals surface area contributed by atoms with Crippen LogP contribution in [0.2, 0.25) is 0 Å². The summed E-state index contributed by atoms with van der Waals surface area (Å²) in [5, 5.41) is 1.94. The maximum atomic E-state index is 12.8. The highest BCUT2D eigenvalue weighted by atomic mass is 16.1. The summed E-state index contributed by atoms with van der Waals surface area (Å²) in [4.78, 5) is 25.1. The minimum absolute atomic E-state index is 0.0156. The zero-order valence-electron chi connectivity index (χ0n) is 20.5. The van der Waals surface area contributed by atoms with E-state index in [0.717, 1.165) is 40.2 Å². The Balaban J connectivity index is 1.55. The van der Waals surface area contributed by atoms with Crippen LogP contribution >= 0.6 is 0 Å². The number of carbonyl (C=O) groups excluding carboxylic acids is 2. The molecule has 5 aromatic rings. The van der Waals surface area contributed by atoms with Gasteiger partial charge in [0.15, 0.2) is 5.78 Å². The molecule has 1 amide bonds. The molecule has 0 atom stereocenters. The SMILES string of the molecule is CCCCCc1ccc2c3c(C(N)=O)cccc3n(Cc3ccc(C(=O)c4ccccc4)cc3)c2c1. The lowest BCUT2D eigenvalue weighted by Gasteiger charge is -2.10. The number of nitrogens with zero attached hydrogens (tertiary/aromatic N) is 1. The number of unbranched alkanes of at least 4 members (excludes halogenated alkanes) is 2. The number of aromatic nitrogens is 1. The Labute approximate surface area is 211 Å². The van der Waals surface area contributed by atoms with Crippen molar-refractivity contribution >= 4 is 33.5 Å². The van der Waals surface area contributed by atoms with Crippen LogP contribution in [0.15, 0.2) is 91.0 Å². The number of ketones is 1. The predicted octanol–water partition coefficient (Wildman–Crippen LogP) is 6.91. The highest BCUT2D eigenvalue weighted by molar-refractivity contribution is 6.18. The third-order valence-corrected chi connectivity index (χ3v) is 6.88. The van der Waals surface area contributed by atoms with Crippen molar-refractivity contribution in [2.45, 2.75) is 39.2 Å². The maximum absolute atomic E-state index is 12.8. The fraction of sp³-hybridized carbons (Fsp3) is 0.188. The van der Waals surface area contributed by atoms with Crippen LogP contribution in [-0.4, -0.2) is 16.3 Å². The Morgan fingerprint density at radius 1 is 0.750 bits per heavy atom. The number of aryl methyl sites for hydroxylation is 1. The molecule has 0 radical (unpaired) electrons. The second kappa shape index (κ2) is 10.2. The van der Waals surface area contributed by atoms with Crippen LogP contribution in [0.25, 0.3) is 21.8 Å². The molecule has 1 aromatic heterocycles. The number of hydrogen-bond acceptors (Lipinski definition) is 2. The zero-order valence-corrected chi connectivity index (χ0v) is 20.5. The standard InChI is InChI=1S/C32H30N2O2/c1-2-3-5-9-22-16-19-26-29(20-22)34(28-13-8-12-27(30(26)28)32(33)36)21-23-14-17-25(18-15-23)31(35)24-10-6-4-7-11-24/h4,6-8,10-20H,2-3,5,9,21H2,1H3,(H2,33,36). The van der Waals surface area contributed by atoms with E-state index in [2.05, 4.69) is 29.7 Å². The summed E-state index contributed by atoms with van der Waals surface area (Å²) in [5.41, 5.74) is 12.1. The van der Waals surface area contributed by atoms with Crippen molar-refractivity contribution in [1.29, 1.82) is 0 Å². The van der Waals surface area contributed by atoms with E-state index in [-0.39, 0.29) is 5.78 Å². The molecule has 0 aliphatic rings. The molecule has 4 aromatic carbocycles. The van der Waals surface area contributed by atoms with Gasteiger partial charge < -0.3 is 10.3 Å². The van der Waals surface area contributed by atoms with Crippen LogP contribution in [0, 0.1) is 0 Å². The van der Waals surface area contributed by atoms with E-state index in [1.54, 1.807) is 6.07 Å². The fourth-order valence-electron chi connectivity index (χ4n) is 5.00. The van der Waals surface area contributed by atoms with Gasteiger partial charge in [-0.2, -0.15) is 0 Å². The molecule has 5 rings (SSSR count). The Morgan fingerprint density at radius 3 is 2.19 bits per heavy atom. The normalized spacial score (nSPS) is 11.2. The summed E-state index contributed by atoms with van der Waals surface area (Å²) in [6.45, 7) is 2.84. The lowest BCUT2D eigenvalue weighted by atomic mass is 10.0. The molecule has 0 saturated carbocycles. The molecule has 0 saturated heterocycles. The molecule has 0 aliphatic heterocycles. The van der Waals surface area contributed by atoms with E-state index >= 15 is 0 Å². The van der Waals surface area contributed by atoms with Crippen molar-refractivity contribution in [1.82, 2.24) is 4.57 Å². The van der Waals surface area contributed by atoms with Crippen LogP contribution in [0.1, 0.15) is 63.6 Å². The molecule has 0 spiro atoms. The van der Waals surface area contributed by atoms with E-state index < -0.39 is 5.91 Å². The van der Waals surface area contributed by atoms with Crippen molar-refractivity contribution in [2.75, 3.05) is 0 Å². The van der Waals surface area contributed by atoms with Gasteiger partial charge in [0, 0.05) is 39.5 Å². The molecule has 0 fully saturated rings. The molecule has 0 bridgehead atoms. The molecule has 180 valence electrons. The first-order valence-corrected chi connectivity index (χ1v) is 12.6. The van der Waals surface area contributed by atoms with Gasteiger partial charge in [0.1, 0.15) is 0 Å². The molecule has 4 heteroatoms. The summed E-state index contributed by atoms with van der Waals surface area (Å²) in [6.07, 6.45) is 4.59. The number of primary amides is 1. The highest BCUT2D eigenvalue weighted by Gasteiger charge is 2.17. The van der Waals surface area contributed by atoms with Crippen LogP contribution in [-0.2, 0) is 13.0 Å². The number of amides is 1. The van der Waals surface area contributed by atoms with Crippen LogP contribution in [0.5, 0.6) is 0 Å². The minimum Gasteiger partial charge on any atom is -0.366 e. The lowest BCUT2D eigenvalue weighted by Crippen LogP contribution is -2.11. The quantitative estimate of drug-likeness (QED) is 0.186. The monoisotopic (exact) mass is 474 g/mol. The number of benzene rings is 4. The topological polar surface area (TPSA) is 65.1 Å². The van der Waals surface area contributed by atoms with Crippen molar-refractivity contribution < 1.29 is 9.59 Å². The number of nitrogens with two attached hydrogens (primary N) is 1. The van der Waals surface area contributed by atoms with Crippen LogP contribution in [0.3, 0.4) is 0 Å². The van der Waals surface area contributed by atoms with Crippen LogP contribution in [0.4, 0.5) is 0 Å². The average molecular weight is 475 g/mol. The first-order valence-electron chi connectivity index (χ1n) is 12.6. The lowest BCUT2D eigenvalue weighted by molar-refractivity contribution is 0.1000. The van der Waals surface area contributed by atoms with Crippen molar-refractivity contribution in [3.8, 4) is 0 Å².